The molecule has 8 nitrogen and oxygen atoms in total. The van der Waals surface area contributed by atoms with Crippen molar-refractivity contribution in [1.82, 2.24) is 5.32 Å². The van der Waals surface area contributed by atoms with Crippen LogP contribution >= 0.6 is 0 Å². The Balaban J connectivity index is 1.74. The number of methoxy groups -OCH3 is 2. The molecule has 0 radical (unpaired) electrons. The van der Waals surface area contributed by atoms with Crippen LogP contribution in [0.15, 0.2) is 48.5 Å². The average molecular weight is 398 g/mol. The second-order valence-electron chi connectivity index (χ2n) is 6.64. The molecule has 2 amide bonds. The molecule has 0 aromatic heterocycles. The number of carboxylic acid groups (broad SMARTS) is 1. The predicted octanol–water partition coefficient (Wildman–Crippen LogP) is 2.00. The van der Waals surface area contributed by atoms with Gasteiger partial charge in [0.05, 0.1) is 20.1 Å². The van der Waals surface area contributed by atoms with E-state index in [0.717, 1.165) is 0 Å². The van der Waals surface area contributed by atoms with Crippen molar-refractivity contribution in [2.75, 3.05) is 25.7 Å². The molecule has 8 heteroatoms. The molecule has 152 valence electrons. The van der Waals surface area contributed by atoms with Crippen LogP contribution in [0, 0.1) is 5.92 Å². The molecule has 0 aliphatic carbocycles. The fraction of sp³-hybridized carbons (Fsp3) is 0.286. The van der Waals surface area contributed by atoms with Crippen LogP contribution in [0.25, 0.3) is 0 Å². The number of hydrogen-bond donors (Lipinski definition) is 2. The molecule has 0 bridgehead atoms. The standard InChI is InChI=1S/C21H22N2O6/c1-28-16-9-8-15(11-17(16)29-2)23-12-14(10-18(23)24)20(25)22-19(21(26)27)13-6-4-3-5-7-13/h3-9,11,14,19H,10,12H2,1-2H3,(H,22,25)(H,26,27)/t14?,19-/m0/s1. The van der Waals surface area contributed by atoms with E-state index in [1.54, 1.807) is 48.5 Å². The molecule has 2 atom stereocenters. The summed E-state index contributed by atoms with van der Waals surface area (Å²) in [5, 5.41) is 12.0. The highest BCUT2D eigenvalue weighted by Crippen LogP contribution is 2.34. The summed E-state index contributed by atoms with van der Waals surface area (Å²) in [7, 11) is 3.02. The highest BCUT2D eigenvalue weighted by molar-refractivity contribution is 6.01. The second-order valence-corrected chi connectivity index (χ2v) is 6.64. The fourth-order valence-corrected chi connectivity index (χ4v) is 3.32. The molecule has 3 rings (SSSR count). The number of carboxylic acids is 1. The molecule has 2 aromatic carbocycles. The third kappa shape index (κ3) is 4.31. The van der Waals surface area contributed by atoms with Gasteiger partial charge in [0.15, 0.2) is 17.5 Å². The third-order valence-electron chi connectivity index (χ3n) is 4.84. The Morgan fingerprint density at radius 1 is 1.10 bits per heavy atom. The molecule has 29 heavy (non-hydrogen) atoms. The van der Waals surface area contributed by atoms with E-state index in [-0.39, 0.29) is 18.9 Å². The van der Waals surface area contributed by atoms with E-state index >= 15 is 0 Å². The van der Waals surface area contributed by atoms with Gasteiger partial charge in [-0.3, -0.25) is 9.59 Å². The quantitative estimate of drug-likeness (QED) is 0.739. The van der Waals surface area contributed by atoms with E-state index in [1.165, 1.54) is 19.1 Å². The van der Waals surface area contributed by atoms with Gasteiger partial charge in [-0.05, 0) is 17.7 Å². The van der Waals surface area contributed by atoms with E-state index in [9.17, 15) is 19.5 Å². The first-order valence-corrected chi connectivity index (χ1v) is 9.05. The van der Waals surface area contributed by atoms with Gasteiger partial charge in [0.1, 0.15) is 0 Å². The Hall–Kier alpha value is -3.55. The van der Waals surface area contributed by atoms with Crippen molar-refractivity contribution in [2.45, 2.75) is 12.5 Å². The van der Waals surface area contributed by atoms with Gasteiger partial charge in [0, 0.05) is 24.7 Å². The number of rotatable bonds is 7. The zero-order valence-corrected chi connectivity index (χ0v) is 16.1. The van der Waals surface area contributed by atoms with Crippen LogP contribution in [0.3, 0.4) is 0 Å². The number of carbonyl (C=O) groups excluding carboxylic acids is 2. The van der Waals surface area contributed by atoms with Gasteiger partial charge in [-0.2, -0.15) is 0 Å². The van der Waals surface area contributed by atoms with Gasteiger partial charge in [-0.1, -0.05) is 30.3 Å². The predicted molar refractivity (Wildman–Crippen MR) is 105 cm³/mol. The first kappa shape index (κ1) is 20.2. The van der Waals surface area contributed by atoms with Crippen LogP contribution in [-0.4, -0.2) is 43.7 Å². The molecule has 1 fully saturated rings. The Kier molecular flexibility index (Phi) is 6.01. The Labute approximate surface area is 168 Å². The van der Waals surface area contributed by atoms with Crippen molar-refractivity contribution >= 4 is 23.5 Å². The van der Waals surface area contributed by atoms with E-state index in [1.807, 2.05) is 0 Å². The van der Waals surface area contributed by atoms with Crippen LogP contribution in [0.1, 0.15) is 18.0 Å². The maximum Gasteiger partial charge on any atom is 0.330 e. The lowest BCUT2D eigenvalue weighted by Crippen LogP contribution is -2.38. The van der Waals surface area contributed by atoms with Crippen LogP contribution in [0.2, 0.25) is 0 Å². The van der Waals surface area contributed by atoms with E-state index in [2.05, 4.69) is 5.32 Å². The van der Waals surface area contributed by atoms with Crippen molar-refractivity contribution in [3.63, 3.8) is 0 Å². The first-order valence-electron chi connectivity index (χ1n) is 9.05. The zero-order chi connectivity index (χ0) is 21.0. The minimum Gasteiger partial charge on any atom is -0.493 e. The summed E-state index contributed by atoms with van der Waals surface area (Å²) in [5.41, 5.74) is 1.05. The fourth-order valence-electron chi connectivity index (χ4n) is 3.32. The molecule has 2 N–H and O–H groups in total. The average Bonchev–Trinajstić information content (AvgIpc) is 3.13. The summed E-state index contributed by atoms with van der Waals surface area (Å²) in [5.74, 6) is -1.50. The molecule has 1 unspecified atom stereocenters. The molecular weight excluding hydrogens is 376 g/mol. The maximum atomic E-state index is 12.7. The summed E-state index contributed by atoms with van der Waals surface area (Å²) in [6.45, 7) is 0.154. The first-order chi connectivity index (χ1) is 13.9. The van der Waals surface area contributed by atoms with Crippen molar-refractivity contribution < 1.29 is 29.0 Å². The van der Waals surface area contributed by atoms with Crippen molar-refractivity contribution in [3.05, 3.63) is 54.1 Å². The Bertz CT molecular complexity index is 915. The van der Waals surface area contributed by atoms with Gasteiger partial charge in [0.25, 0.3) is 0 Å². The summed E-state index contributed by atoms with van der Waals surface area (Å²) in [6.07, 6.45) is 0.00130. The van der Waals surface area contributed by atoms with Crippen LogP contribution < -0.4 is 19.7 Å². The van der Waals surface area contributed by atoms with Crippen molar-refractivity contribution in [1.29, 1.82) is 0 Å². The highest BCUT2D eigenvalue weighted by Gasteiger charge is 2.37. The molecule has 0 saturated carbocycles. The smallest absolute Gasteiger partial charge is 0.330 e. The molecule has 1 aliphatic heterocycles. The molecule has 1 heterocycles. The number of anilines is 1. The number of aliphatic carboxylic acids is 1. The lowest BCUT2D eigenvalue weighted by atomic mass is 10.0. The zero-order valence-electron chi connectivity index (χ0n) is 16.1. The second kappa shape index (κ2) is 8.64. The number of carbonyl (C=O) groups is 3. The van der Waals surface area contributed by atoms with Crippen LogP contribution in [-0.2, 0) is 14.4 Å². The lowest BCUT2D eigenvalue weighted by Gasteiger charge is -2.20. The number of amides is 2. The number of benzene rings is 2. The van der Waals surface area contributed by atoms with Crippen LogP contribution in [0.5, 0.6) is 11.5 Å². The lowest BCUT2D eigenvalue weighted by molar-refractivity contribution is -0.142. The highest BCUT2D eigenvalue weighted by atomic mass is 16.5. The van der Waals surface area contributed by atoms with Crippen molar-refractivity contribution in [3.8, 4) is 11.5 Å². The summed E-state index contributed by atoms with van der Waals surface area (Å²) in [6, 6.07) is 12.3. The largest absolute Gasteiger partial charge is 0.493 e. The van der Waals surface area contributed by atoms with Gasteiger partial charge in [-0.25, -0.2) is 4.79 Å². The number of ether oxygens (including phenoxy) is 2. The van der Waals surface area contributed by atoms with E-state index in [0.29, 0.717) is 22.7 Å². The van der Waals surface area contributed by atoms with Gasteiger partial charge in [0.2, 0.25) is 11.8 Å². The molecule has 2 aromatic rings. The summed E-state index contributed by atoms with van der Waals surface area (Å²) >= 11 is 0. The van der Waals surface area contributed by atoms with Gasteiger partial charge >= 0.3 is 5.97 Å². The monoisotopic (exact) mass is 398 g/mol. The normalized spacial score (nSPS) is 17.0. The molecular formula is C21H22N2O6. The van der Waals surface area contributed by atoms with Gasteiger partial charge in [-0.15, -0.1) is 0 Å². The minimum atomic E-state index is -1.17. The number of nitrogens with zero attached hydrogens (tertiary/aromatic N) is 1. The minimum absolute atomic E-state index is 0.00130. The van der Waals surface area contributed by atoms with E-state index < -0.39 is 23.8 Å². The van der Waals surface area contributed by atoms with Crippen LogP contribution in [0.4, 0.5) is 5.69 Å². The summed E-state index contributed by atoms with van der Waals surface area (Å²) in [4.78, 5) is 38.3. The topological polar surface area (TPSA) is 105 Å². The molecule has 1 saturated heterocycles. The molecule has 0 spiro atoms. The number of hydrogen-bond acceptors (Lipinski definition) is 5. The van der Waals surface area contributed by atoms with E-state index in [4.69, 9.17) is 9.47 Å². The SMILES string of the molecule is COc1ccc(N2CC(C(=O)N[C@H](C(=O)O)c3ccccc3)CC2=O)cc1OC. The van der Waals surface area contributed by atoms with Crippen molar-refractivity contribution in [2.24, 2.45) is 5.92 Å². The van der Waals surface area contributed by atoms with Gasteiger partial charge < -0.3 is 24.8 Å². The third-order valence-corrected chi connectivity index (χ3v) is 4.84. The molecule has 1 aliphatic rings. The Morgan fingerprint density at radius 3 is 2.41 bits per heavy atom. The Morgan fingerprint density at radius 2 is 1.79 bits per heavy atom. The maximum absolute atomic E-state index is 12.7. The summed E-state index contributed by atoms with van der Waals surface area (Å²) < 4.78 is 10.5. The number of nitrogens with one attached hydrogen (secondary N) is 1.